The maximum absolute atomic E-state index is 13.7. The van der Waals surface area contributed by atoms with Crippen LogP contribution in [0.2, 0.25) is 0 Å². The largest absolute Gasteiger partial charge is 0.417 e. The molecule has 4 fully saturated rings. The number of nitriles is 1. The van der Waals surface area contributed by atoms with Gasteiger partial charge >= 0.3 is 12.2 Å². The zero-order valence-corrected chi connectivity index (χ0v) is 34.9. The number of urea groups is 1. The molecular formula is C41H52ClF3N8O4S. The number of piperazine rings is 1. The van der Waals surface area contributed by atoms with Crippen molar-refractivity contribution in [2.75, 3.05) is 47.8 Å². The SMILES string of the molecule is C[C@@H]1CN(CCCCC2CCC(N3C(=S)N(c4ccc(C#N)c(C(F)(F)F)c4)C(=O)C3(C)C)CC2)C[C@H](C)N1CC(=O)Nc1cccc(N2CCC(=O)NC2=O)c1.Cl. The first kappa shape index (κ1) is 44.8. The van der Waals surface area contributed by atoms with E-state index in [1.165, 1.54) is 15.9 Å². The van der Waals surface area contributed by atoms with Gasteiger partial charge in [0.05, 0.1) is 29.4 Å². The standard InChI is InChI=1S/C41H51F3N8O4S.ClH/c1-26-23-48(24-27(2)50(26)25-36(54)46-30-9-7-10-32(20-30)49-19-17-35(53)47-38(49)56)18-6-5-8-28-11-14-31(15-12-28)52-39(57)51(37(55)40(52,3)4)33-16-13-29(22-45)34(21-33)41(42,43)44;/h7,9-10,13,16,20-21,26-28,31H,5-6,8,11-12,14-15,17-19,23-25H2,1-4H3,(H,46,54)(H,47,53,56);1H/t26-,27+,28?,31?;. The molecule has 12 nitrogen and oxygen atoms in total. The Morgan fingerprint density at radius 2 is 1.69 bits per heavy atom. The lowest BCUT2D eigenvalue weighted by Gasteiger charge is -2.44. The molecule has 0 aromatic heterocycles. The highest BCUT2D eigenvalue weighted by Crippen LogP contribution is 2.41. The third kappa shape index (κ3) is 9.76. The highest BCUT2D eigenvalue weighted by Gasteiger charge is 2.52. The van der Waals surface area contributed by atoms with Gasteiger partial charge in [-0.2, -0.15) is 18.4 Å². The summed E-state index contributed by atoms with van der Waals surface area (Å²) in [6.45, 7) is 11.1. The molecule has 17 heteroatoms. The summed E-state index contributed by atoms with van der Waals surface area (Å²) in [7, 11) is 0. The summed E-state index contributed by atoms with van der Waals surface area (Å²) >= 11 is 5.76. The third-order valence-corrected chi connectivity index (χ3v) is 12.3. The van der Waals surface area contributed by atoms with Crippen molar-refractivity contribution in [3.8, 4) is 6.07 Å². The van der Waals surface area contributed by atoms with E-state index in [9.17, 15) is 37.6 Å². The molecular weight excluding hydrogens is 793 g/mol. The average Bonchev–Trinajstić information content (AvgIpc) is 3.33. The van der Waals surface area contributed by atoms with Gasteiger partial charge in [0.2, 0.25) is 11.8 Å². The first-order valence-electron chi connectivity index (χ1n) is 19.8. The Bertz CT molecular complexity index is 1920. The van der Waals surface area contributed by atoms with E-state index in [1.54, 1.807) is 44.2 Å². The van der Waals surface area contributed by atoms with E-state index in [1.807, 2.05) is 4.90 Å². The maximum atomic E-state index is 13.7. The Morgan fingerprint density at radius 3 is 2.33 bits per heavy atom. The van der Waals surface area contributed by atoms with Crippen LogP contribution < -0.4 is 20.4 Å². The number of carbonyl (C=O) groups is 4. The number of unbranched alkanes of at least 4 members (excludes halogenated alkanes) is 1. The first-order chi connectivity index (χ1) is 27.0. The highest BCUT2D eigenvalue weighted by atomic mass is 35.5. The Hall–Kier alpha value is -4.30. The summed E-state index contributed by atoms with van der Waals surface area (Å²) in [5, 5.41) is 14.7. The van der Waals surface area contributed by atoms with Crippen LogP contribution in [0, 0.1) is 17.2 Å². The van der Waals surface area contributed by atoms with Gasteiger partial charge in [0.25, 0.3) is 5.91 Å². The third-order valence-electron chi connectivity index (χ3n) is 11.9. The molecule has 2 aromatic carbocycles. The lowest BCUT2D eigenvalue weighted by Crippen LogP contribution is -2.58. The van der Waals surface area contributed by atoms with Gasteiger partial charge in [0.15, 0.2) is 5.11 Å². The number of imide groups is 1. The van der Waals surface area contributed by atoms with E-state index in [0.717, 1.165) is 76.7 Å². The van der Waals surface area contributed by atoms with E-state index >= 15 is 0 Å². The lowest BCUT2D eigenvalue weighted by atomic mass is 9.81. The Labute approximate surface area is 349 Å². The molecule has 0 unspecified atom stereocenters. The summed E-state index contributed by atoms with van der Waals surface area (Å²) in [6, 6.07) is 11.8. The molecule has 3 heterocycles. The van der Waals surface area contributed by atoms with Gasteiger partial charge in [0.1, 0.15) is 5.54 Å². The van der Waals surface area contributed by atoms with Crippen molar-refractivity contribution in [2.45, 2.75) is 109 Å². The molecule has 0 bridgehead atoms. The number of hydrogen-bond acceptors (Lipinski definition) is 8. The van der Waals surface area contributed by atoms with Gasteiger partial charge in [0, 0.05) is 55.6 Å². The van der Waals surface area contributed by atoms with Crippen LogP contribution in [0.25, 0.3) is 0 Å². The molecule has 6 rings (SSSR count). The second-order valence-corrected chi connectivity index (χ2v) is 16.7. The van der Waals surface area contributed by atoms with Crippen LogP contribution in [0.1, 0.15) is 90.2 Å². The second kappa shape index (κ2) is 18.3. The monoisotopic (exact) mass is 844 g/mol. The average molecular weight is 845 g/mol. The van der Waals surface area contributed by atoms with Gasteiger partial charge in [-0.3, -0.25) is 34.4 Å². The number of amides is 5. The van der Waals surface area contributed by atoms with Crippen LogP contribution in [-0.2, 0) is 20.6 Å². The van der Waals surface area contributed by atoms with Gasteiger partial charge in [-0.05, 0) is 121 Å². The molecule has 4 aliphatic rings. The molecule has 314 valence electrons. The molecule has 58 heavy (non-hydrogen) atoms. The minimum Gasteiger partial charge on any atom is -0.331 e. The van der Waals surface area contributed by atoms with Crippen LogP contribution in [0.5, 0.6) is 0 Å². The summed E-state index contributed by atoms with van der Waals surface area (Å²) in [6.07, 6.45) is 2.37. The molecule has 0 spiro atoms. The fourth-order valence-corrected chi connectivity index (χ4v) is 9.57. The molecule has 1 saturated carbocycles. The second-order valence-electron chi connectivity index (χ2n) is 16.3. The fourth-order valence-electron chi connectivity index (χ4n) is 9.00. The molecule has 3 saturated heterocycles. The normalized spacial score (nSPS) is 24.3. The molecule has 0 radical (unpaired) electrons. The smallest absolute Gasteiger partial charge is 0.331 e. The number of anilines is 3. The molecule has 2 aromatic rings. The van der Waals surface area contributed by atoms with E-state index < -0.39 is 28.9 Å². The van der Waals surface area contributed by atoms with Gasteiger partial charge in [-0.15, -0.1) is 12.4 Å². The molecule has 1 aliphatic carbocycles. The fraction of sp³-hybridized carbons (Fsp3) is 0.561. The Balaban J connectivity index is 0.00000641. The number of benzene rings is 2. The van der Waals surface area contributed by atoms with Crippen molar-refractivity contribution in [1.82, 2.24) is 20.0 Å². The predicted molar refractivity (Wildman–Crippen MR) is 222 cm³/mol. The molecule has 5 amide bonds. The van der Waals surface area contributed by atoms with Crippen molar-refractivity contribution >= 4 is 70.6 Å². The number of alkyl halides is 3. The van der Waals surface area contributed by atoms with Crippen LogP contribution in [0.15, 0.2) is 42.5 Å². The van der Waals surface area contributed by atoms with Gasteiger partial charge < -0.3 is 15.1 Å². The van der Waals surface area contributed by atoms with Crippen molar-refractivity contribution in [1.29, 1.82) is 5.26 Å². The van der Waals surface area contributed by atoms with Crippen molar-refractivity contribution in [3.63, 3.8) is 0 Å². The number of carbonyl (C=O) groups excluding carboxylic acids is 4. The number of hydrogen-bond donors (Lipinski definition) is 2. The molecule has 2 N–H and O–H groups in total. The summed E-state index contributed by atoms with van der Waals surface area (Å²) in [5.74, 6) is -0.258. The predicted octanol–water partition coefficient (Wildman–Crippen LogP) is 6.92. The van der Waals surface area contributed by atoms with Gasteiger partial charge in [-0.1, -0.05) is 18.9 Å². The van der Waals surface area contributed by atoms with Crippen LogP contribution in [0.4, 0.5) is 35.0 Å². The summed E-state index contributed by atoms with van der Waals surface area (Å²) < 4.78 is 41.2. The zero-order chi connectivity index (χ0) is 41.2. The van der Waals surface area contributed by atoms with Crippen LogP contribution >= 0.6 is 24.6 Å². The van der Waals surface area contributed by atoms with Crippen molar-refractivity contribution in [2.24, 2.45) is 5.92 Å². The lowest BCUT2D eigenvalue weighted by molar-refractivity contribution is -0.137. The number of thiocarbonyl (C=S) groups is 1. The minimum absolute atomic E-state index is 0. The topological polar surface area (TPSA) is 132 Å². The van der Waals surface area contributed by atoms with Crippen LogP contribution in [0.3, 0.4) is 0 Å². The number of nitrogens with zero attached hydrogens (tertiary/aromatic N) is 6. The minimum atomic E-state index is -4.75. The maximum Gasteiger partial charge on any atom is 0.417 e. The Morgan fingerprint density at radius 1 is 1.00 bits per heavy atom. The number of rotatable bonds is 11. The summed E-state index contributed by atoms with van der Waals surface area (Å²) in [4.78, 5) is 59.9. The quantitative estimate of drug-likeness (QED) is 0.183. The summed E-state index contributed by atoms with van der Waals surface area (Å²) in [5.41, 5.74) is -1.40. The highest BCUT2D eigenvalue weighted by molar-refractivity contribution is 7.80. The van der Waals surface area contributed by atoms with E-state index in [2.05, 4.69) is 34.3 Å². The van der Waals surface area contributed by atoms with Gasteiger partial charge in [-0.25, -0.2) is 4.79 Å². The number of nitrogens with one attached hydrogen (secondary N) is 2. The zero-order valence-electron chi connectivity index (χ0n) is 33.3. The molecule has 3 aliphatic heterocycles. The first-order valence-corrected chi connectivity index (χ1v) is 20.2. The van der Waals surface area contributed by atoms with Crippen molar-refractivity contribution in [3.05, 3.63) is 53.6 Å². The van der Waals surface area contributed by atoms with E-state index in [4.69, 9.17) is 12.2 Å². The van der Waals surface area contributed by atoms with E-state index in [0.29, 0.717) is 17.3 Å². The Kier molecular flexibility index (Phi) is 14.1. The van der Waals surface area contributed by atoms with E-state index in [-0.39, 0.29) is 78.6 Å². The molecule has 2 atom stereocenters. The van der Waals surface area contributed by atoms with Crippen molar-refractivity contribution < 1.29 is 32.3 Å². The number of halogens is 4. The van der Waals surface area contributed by atoms with Crippen LogP contribution in [-0.4, -0.2) is 100.0 Å².